The summed E-state index contributed by atoms with van der Waals surface area (Å²) in [6.07, 6.45) is 3.62. The highest BCUT2D eigenvalue weighted by Crippen LogP contribution is 2.46. The van der Waals surface area contributed by atoms with E-state index in [0.717, 1.165) is 13.1 Å². The van der Waals surface area contributed by atoms with Gasteiger partial charge in [0.15, 0.2) is 0 Å². The monoisotopic (exact) mass is 226 g/mol. The molecule has 1 atom stereocenters. The average Bonchev–Trinajstić information content (AvgIpc) is 2.60. The van der Waals surface area contributed by atoms with Crippen LogP contribution in [-0.4, -0.2) is 55.7 Å². The van der Waals surface area contributed by atoms with Crippen molar-refractivity contribution in [3.63, 3.8) is 0 Å². The van der Waals surface area contributed by atoms with Gasteiger partial charge in [-0.15, -0.1) is 0 Å². The minimum Gasteiger partial charge on any atom is -0.450 e. The zero-order valence-electron chi connectivity index (χ0n) is 10.5. The van der Waals surface area contributed by atoms with Crippen molar-refractivity contribution in [2.75, 3.05) is 33.8 Å². The summed E-state index contributed by atoms with van der Waals surface area (Å²) in [7, 11) is 4.29. The van der Waals surface area contributed by atoms with Gasteiger partial charge in [0.25, 0.3) is 0 Å². The van der Waals surface area contributed by atoms with E-state index in [1.54, 1.807) is 0 Å². The van der Waals surface area contributed by atoms with Gasteiger partial charge in [0.05, 0.1) is 6.61 Å². The van der Waals surface area contributed by atoms with Crippen LogP contribution in [0.4, 0.5) is 4.79 Å². The molecular weight excluding hydrogens is 204 g/mol. The lowest BCUT2D eigenvalue weighted by Gasteiger charge is -2.47. The van der Waals surface area contributed by atoms with Crippen molar-refractivity contribution >= 4 is 6.09 Å². The van der Waals surface area contributed by atoms with Crippen LogP contribution in [0.5, 0.6) is 0 Å². The van der Waals surface area contributed by atoms with Crippen LogP contribution in [0.25, 0.3) is 0 Å². The minimum atomic E-state index is -0.138. The van der Waals surface area contributed by atoms with Crippen LogP contribution in [0.3, 0.4) is 0 Å². The first-order chi connectivity index (χ1) is 7.56. The Bertz CT molecular complexity index is 272. The molecule has 0 unspecified atom stereocenters. The molecule has 1 heterocycles. The number of ether oxygens (including phenoxy) is 1. The van der Waals surface area contributed by atoms with E-state index in [0.29, 0.717) is 18.1 Å². The summed E-state index contributed by atoms with van der Waals surface area (Å²) in [4.78, 5) is 15.6. The quantitative estimate of drug-likeness (QED) is 0.716. The molecule has 0 bridgehead atoms. The fourth-order valence-electron chi connectivity index (χ4n) is 3.01. The molecule has 2 rings (SSSR count). The van der Waals surface area contributed by atoms with Gasteiger partial charge < -0.3 is 14.5 Å². The van der Waals surface area contributed by atoms with Gasteiger partial charge in [0.2, 0.25) is 0 Å². The third kappa shape index (κ3) is 2.03. The highest BCUT2D eigenvalue weighted by molar-refractivity contribution is 5.69. The van der Waals surface area contributed by atoms with Gasteiger partial charge in [0.1, 0.15) is 0 Å². The van der Waals surface area contributed by atoms with Gasteiger partial charge in [0, 0.05) is 24.5 Å². The molecule has 0 aromatic carbocycles. The highest BCUT2D eigenvalue weighted by Gasteiger charge is 2.50. The molecule has 1 aliphatic carbocycles. The number of amides is 1. The predicted molar refractivity (Wildman–Crippen MR) is 62.4 cm³/mol. The molecule has 1 aliphatic heterocycles. The summed E-state index contributed by atoms with van der Waals surface area (Å²) in [6, 6.07) is 0.698. The largest absolute Gasteiger partial charge is 0.450 e. The van der Waals surface area contributed by atoms with Crippen LogP contribution in [0.2, 0.25) is 0 Å². The van der Waals surface area contributed by atoms with Gasteiger partial charge >= 0.3 is 6.09 Å². The molecule has 92 valence electrons. The third-order valence-corrected chi connectivity index (χ3v) is 3.99. The summed E-state index contributed by atoms with van der Waals surface area (Å²) in [5, 5.41) is 0. The average molecular weight is 226 g/mol. The van der Waals surface area contributed by atoms with E-state index in [4.69, 9.17) is 4.74 Å². The molecule has 0 aromatic heterocycles. The fraction of sp³-hybridized carbons (Fsp3) is 0.917. The number of carbonyl (C=O) groups excluding carboxylic acids is 1. The topological polar surface area (TPSA) is 32.8 Å². The maximum atomic E-state index is 11.5. The van der Waals surface area contributed by atoms with Crippen LogP contribution in [0, 0.1) is 5.41 Å². The summed E-state index contributed by atoms with van der Waals surface area (Å²) in [6.45, 7) is 4.13. The van der Waals surface area contributed by atoms with Crippen LogP contribution >= 0.6 is 0 Å². The predicted octanol–water partition coefficient (Wildman–Crippen LogP) is 1.56. The minimum absolute atomic E-state index is 0.138. The van der Waals surface area contributed by atoms with E-state index in [-0.39, 0.29) is 6.09 Å². The van der Waals surface area contributed by atoms with Crippen molar-refractivity contribution in [2.24, 2.45) is 5.41 Å². The molecule has 1 saturated carbocycles. The van der Waals surface area contributed by atoms with Crippen LogP contribution < -0.4 is 0 Å². The molecule has 2 fully saturated rings. The second-order valence-electron chi connectivity index (χ2n) is 5.42. The molecule has 4 nitrogen and oxygen atoms in total. The van der Waals surface area contributed by atoms with E-state index >= 15 is 0 Å². The van der Waals surface area contributed by atoms with Gasteiger partial charge in [-0.2, -0.15) is 0 Å². The van der Waals surface area contributed by atoms with Crippen molar-refractivity contribution in [3.8, 4) is 0 Å². The normalized spacial score (nSPS) is 27.2. The first kappa shape index (κ1) is 11.7. The lowest BCUT2D eigenvalue weighted by molar-refractivity contribution is -0.00138. The fourth-order valence-corrected chi connectivity index (χ4v) is 3.01. The maximum absolute atomic E-state index is 11.5. The molecule has 1 saturated heterocycles. The van der Waals surface area contributed by atoms with E-state index in [1.165, 1.54) is 19.3 Å². The Kier molecular flexibility index (Phi) is 3.10. The molecule has 1 spiro atoms. The maximum Gasteiger partial charge on any atom is 0.409 e. The number of carbonyl (C=O) groups is 1. The van der Waals surface area contributed by atoms with Crippen molar-refractivity contribution in [1.82, 2.24) is 9.80 Å². The lowest BCUT2D eigenvalue weighted by Crippen LogP contribution is -2.57. The standard InChI is InChI=1S/C12H22N2O2/c1-4-16-11(15)14-8-12(9-14)6-5-10(7-12)13(2)3/h10H,4-9H2,1-3H3/t10-/m1/s1. The number of hydrogen-bond donors (Lipinski definition) is 0. The SMILES string of the molecule is CCOC(=O)N1CC2(CC[C@@H](N(C)C)C2)C1. The van der Waals surface area contributed by atoms with E-state index < -0.39 is 0 Å². The molecule has 1 amide bonds. The van der Waals surface area contributed by atoms with Crippen LogP contribution in [-0.2, 0) is 4.74 Å². The first-order valence-electron chi connectivity index (χ1n) is 6.14. The van der Waals surface area contributed by atoms with Gasteiger partial charge in [-0.1, -0.05) is 0 Å². The van der Waals surface area contributed by atoms with E-state index in [1.807, 2.05) is 11.8 Å². The molecule has 0 radical (unpaired) electrons. The molecule has 16 heavy (non-hydrogen) atoms. The highest BCUT2D eigenvalue weighted by atomic mass is 16.6. The number of nitrogens with zero attached hydrogens (tertiary/aromatic N) is 2. The zero-order chi connectivity index (χ0) is 11.8. The summed E-state index contributed by atoms with van der Waals surface area (Å²) in [5.41, 5.74) is 0.404. The smallest absolute Gasteiger partial charge is 0.409 e. The third-order valence-electron chi connectivity index (χ3n) is 3.99. The molecule has 2 aliphatic rings. The van der Waals surface area contributed by atoms with Gasteiger partial charge in [-0.25, -0.2) is 4.79 Å². The van der Waals surface area contributed by atoms with E-state index in [9.17, 15) is 4.79 Å². The molecule has 0 aromatic rings. The van der Waals surface area contributed by atoms with Crippen LogP contribution in [0.15, 0.2) is 0 Å². The molecule has 4 heteroatoms. The zero-order valence-corrected chi connectivity index (χ0v) is 10.5. The van der Waals surface area contributed by atoms with E-state index in [2.05, 4.69) is 19.0 Å². The Hall–Kier alpha value is -0.770. The number of hydrogen-bond acceptors (Lipinski definition) is 3. The first-order valence-corrected chi connectivity index (χ1v) is 6.14. The second kappa shape index (κ2) is 4.24. The van der Waals surface area contributed by atoms with Crippen molar-refractivity contribution in [2.45, 2.75) is 32.2 Å². The summed E-state index contributed by atoms with van der Waals surface area (Å²) in [5.74, 6) is 0. The summed E-state index contributed by atoms with van der Waals surface area (Å²) < 4.78 is 5.00. The molecular formula is C12H22N2O2. The summed E-state index contributed by atoms with van der Waals surface area (Å²) >= 11 is 0. The molecule has 0 N–H and O–H groups in total. The van der Waals surface area contributed by atoms with Gasteiger partial charge in [-0.05, 0) is 40.3 Å². The lowest BCUT2D eigenvalue weighted by atomic mass is 9.78. The second-order valence-corrected chi connectivity index (χ2v) is 5.42. The Morgan fingerprint density at radius 2 is 2.19 bits per heavy atom. The Labute approximate surface area is 97.5 Å². The number of rotatable bonds is 2. The Morgan fingerprint density at radius 3 is 2.69 bits per heavy atom. The Balaban J connectivity index is 1.81. The van der Waals surface area contributed by atoms with Crippen molar-refractivity contribution in [1.29, 1.82) is 0 Å². The number of likely N-dealkylation sites (tertiary alicyclic amines) is 1. The van der Waals surface area contributed by atoms with Gasteiger partial charge in [-0.3, -0.25) is 0 Å². The Morgan fingerprint density at radius 1 is 1.50 bits per heavy atom. The van der Waals surface area contributed by atoms with Crippen molar-refractivity contribution < 1.29 is 9.53 Å². The van der Waals surface area contributed by atoms with Crippen molar-refractivity contribution in [3.05, 3.63) is 0 Å². The van der Waals surface area contributed by atoms with Crippen LogP contribution in [0.1, 0.15) is 26.2 Å².